The topological polar surface area (TPSA) is 12.9 Å². The Hall–Kier alpha value is -0.655. The van der Waals surface area contributed by atoms with E-state index in [-0.39, 0.29) is 0 Å². The average molecular weight is 115 g/mol. The van der Waals surface area contributed by atoms with E-state index in [1.807, 2.05) is 15.7 Å². The van der Waals surface area contributed by atoms with Crippen molar-refractivity contribution >= 4 is 40.2 Å². The molecule has 0 atom stereocenters. The molecule has 1 nitrogen and oxygen atoms in total. The van der Waals surface area contributed by atoms with Gasteiger partial charge in [-0.3, -0.25) is 4.98 Å². The zero-order chi connectivity index (χ0) is 6.85. The highest BCUT2D eigenvalue weighted by atomic mass is 14.7. The van der Waals surface area contributed by atoms with Crippen molar-refractivity contribution in [1.82, 2.24) is 4.98 Å². The summed E-state index contributed by atoms with van der Waals surface area (Å²) in [4.78, 5) is 4.23. The van der Waals surface area contributed by atoms with Gasteiger partial charge in [0, 0.05) is 0 Å². The Labute approximate surface area is 58.1 Å². The standard InChI is InChI=1S/C5H8B3N/c6-3-1-4(7)9-5(8)2-3/h1-2H,6-8H2. The summed E-state index contributed by atoms with van der Waals surface area (Å²) in [5, 5.41) is 0. The van der Waals surface area contributed by atoms with Crippen LogP contribution in [0.2, 0.25) is 0 Å². The van der Waals surface area contributed by atoms with Crippen LogP contribution in [-0.4, -0.2) is 28.5 Å². The summed E-state index contributed by atoms with van der Waals surface area (Å²) in [6.07, 6.45) is 0. The van der Waals surface area contributed by atoms with Crippen molar-refractivity contribution in [1.29, 1.82) is 0 Å². The SMILES string of the molecule is Bc1cc(B)nc(B)c1. The molecule has 0 N–H and O–H groups in total. The maximum Gasteiger partial charge on any atom is 0.163 e. The first-order chi connectivity index (χ1) is 4.18. The van der Waals surface area contributed by atoms with Crippen molar-refractivity contribution < 1.29 is 0 Å². The van der Waals surface area contributed by atoms with Gasteiger partial charge in [-0.25, -0.2) is 0 Å². The lowest BCUT2D eigenvalue weighted by Crippen LogP contribution is -2.27. The molecule has 0 radical (unpaired) electrons. The number of pyridine rings is 1. The molecule has 0 aliphatic heterocycles. The fourth-order valence-electron chi connectivity index (χ4n) is 1.04. The van der Waals surface area contributed by atoms with E-state index in [9.17, 15) is 0 Å². The second kappa shape index (κ2) is 2.30. The Morgan fingerprint density at radius 1 is 1.00 bits per heavy atom. The summed E-state index contributed by atoms with van der Waals surface area (Å²) >= 11 is 0. The van der Waals surface area contributed by atoms with Gasteiger partial charge in [0.15, 0.2) is 15.7 Å². The van der Waals surface area contributed by atoms with Gasteiger partial charge in [0.25, 0.3) is 0 Å². The molecule has 1 aromatic heterocycles. The lowest BCUT2D eigenvalue weighted by molar-refractivity contribution is 1.47. The van der Waals surface area contributed by atoms with Crippen LogP contribution < -0.4 is 16.6 Å². The molecule has 0 aliphatic rings. The molecule has 9 heavy (non-hydrogen) atoms. The summed E-state index contributed by atoms with van der Waals surface area (Å²) in [7, 11) is 6.11. The van der Waals surface area contributed by atoms with E-state index in [0.29, 0.717) is 0 Å². The van der Waals surface area contributed by atoms with Crippen molar-refractivity contribution in [2.45, 2.75) is 0 Å². The van der Waals surface area contributed by atoms with E-state index >= 15 is 0 Å². The van der Waals surface area contributed by atoms with Gasteiger partial charge in [-0.05, 0) is 11.2 Å². The van der Waals surface area contributed by atoms with Gasteiger partial charge in [0.05, 0.1) is 0 Å². The normalized spacial score (nSPS) is 9.33. The van der Waals surface area contributed by atoms with E-state index in [1.165, 1.54) is 5.46 Å². The van der Waals surface area contributed by atoms with Gasteiger partial charge in [0.2, 0.25) is 0 Å². The Kier molecular flexibility index (Phi) is 1.65. The molecule has 0 fully saturated rings. The molecule has 0 unspecified atom stereocenters. The fraction of sp³-hybridized carbons (Fsp3) is 0. The monoisotopic (exact) mass is 115 g/mol. The zero-order valence-corrected chi connectivity index (χ0v) is 6.10. The molecule has 0 saturated heterocycles. The predicted molar refractivity (Wildman–Crippen MR) is 48.8 cm³/mol. The number of rotatable bonds is 0. The number of hydrogen-bond acceptors (Lipinski definition) is 1. The molecule has 1 rings (SSSR count). The molecule has 0 spiro atoms. The maximum absolute atomic E-state index is 4.23. The van der Waals surface area contributed by atoms with Crippen LogP contribution in [0.5, 0.6) is 0 Å². The molecule has 0 bridgehead atoms. The fourth-order valence-corrected chi connectivity index (χ4v) is 1.04. The number of aromatic nitrogens is 1. The average Bonchev–Trinajstić information content (AvgIpc) is 1.59. The van der Waals surface area contributed by atoms with E-state index in [1.54, 1.807) is 0 Å². The molecule has 0 aliphatic carbocycles. The van der Waals surface area contributed by atoms with Crippen molar-refractivity contribution in [3.05, 3.63) is 12.1 Å². The minimum atomic E-state index is 1.10. The van der Waals surface area contributed by atoms with Gasteiger partial charge < -0.3 is 0 Å². The van der Waals surface area contributed by atoms with Crippen LogP contribution in [0.3, 0.4) is 0 Å². The number of nitrogens with zero attached hydrogens (tertiary/aromatic N) is 1. The van der Waals surface area contributed by atoms with E-state index in [0.717, 1.165) is 11.2 Å². The highest BCUT2D eigenvalue weighted by molar-refractivity contribution is 6.40. The minimum Gasteiger partial charge on any atom is -0.280 e. The van der Waals surface area contributed by atoms with Crippen LogP contribution in [0.25, 0.3) is 0 Å². The first-order valence-electron chi connectivity index (χ1n) is 3.10. The van der Waals surface area contributed by atoms with Crippen molar-refractivity contribution in [2.75, 3.05) is 0 Å². The third kappa shape index (κ3) is 1.63. The molecule has 0 amide bonds. The quantitative estimate of drug-likeness (QED) is 0.312. The van der Waals surface area contributed by atoms with Crippen molar-refractivity contribution in [3.63, 3.8) is 0 Å². The van der Waals surface area contributed by atoms with Crippen LogP contribution in [0.1, 0.15) is 0 Å². The van der Waals surface area contributed by atoms with Crippen LogP contribution in [0, 0.1) is 0 Å². The van der Waals surface area contributed by atoms with Crippen LogP contribution >= 0.6 is 0 Å². The van der Waals surface area contributed by atoms with E-state index < -0.39 is 0 Å². The third-order valence-corrected chi connectivity index (χ3v) is 1.23. The summed E-state index contributed by atoms with van der Waals surface area (Å²) in [6.45, 7) is 0. The second-order valence-corrected chi connectivity index (χ2v) is 2.43. The highest BCUT2D eigenvalue weighted by Crippen LogP contribution is 1.63. The lowest BCUT2D eigenvalue weighted by Gasteiger charge is -1.96. The first-order valence-corrected chi connectivity index (χ1v) is 3.10. The third-order valence-electron chi connectivity index (χ3n) is 1.23. The molecule has 1 heterocycles. The molecule has 0 aromatic carbocycles. The Morgan fingerprint density at radius 3 is 1.78 bits per heavy atom. The molecule has 4 heteroatoms. The van der Waals surface area contributed by atoms with Gasteiger partial charge in [0.1, 0.15) is 7.85 Å². The molecule has 42 valence electrons. The summed E-state index contributed by atoms with van der Waals surface area (Å²) < 4.78 is 0. The van der Waals surface area contributed by atoms with Crippen molar-refractivity contribution in [2.24, 2.45) is 0 Å². The van der Waals surface area contributed by atoms with E-state index in [2.05, 4.69) is 25.0 Å². The smallest absolute Gasteiger partial charge is 0.163 e. The van der Waals surface area contributed by atoms with Gasteiger partial charge in [-0.2, -0.15) is 0 Å². The van der Waals surface area contributed by atoms with Gasteiger partial charge in [-0.15, -0.1) is 0 Å². The first kappa shape index (κ1) is 6.46. The van der Waals surface area contributed by atoms with Crippen molar-refractivity contribution in [3.8, 4) is 0 Å². The summed E-state index contributed by atoms with van der Waals surface area (Å²) in [5.41, 5.74) is 3.50. The molecule has 0 saturated carbocycles. The highest BCUT2D eigenvalue weighted by Gasteiger charge is 1.88. The molecular formula is C5H8B3N. The Balaban J connectivity index is 3.17. The largest absolute Gasteiger partial charge is 0.280 e. The van der Waals surface area contributed by atoms with Crippen LogP contribution in [0.15, 0.2) is 12.1 Å². The summed E-state index contributed by atoms with van der Waals surface area (Å²) in [6, 6.07) is 4.15. The Bertz CT molecular complexity index is 173. The minimum absolute atomic E-state index is 1.10. The predicted octanol–water partition coefficient (Wildman–Crippen LogP) is -4.14. The summed E-state index contributed by atoms with van der Waals surface area (Å²) in [5.74, 6) is 0. The lowest BCUT2D eigenvalue weighted by atomic mass is 9.88. The van der Waals surface area contributed by atoms with Gasteiger partial charge in [-0.1, -0.05) is 17.6 Å². The maximum atomic E-state index is 4.23. The second-order valence-electron chi connectivity index (χ2n) is 2.43. The zero-order valence-electron chi connectivity index (χ0n) is 6.10. The van der Waals surface area contributed by atoms with Crippen LogP contribution in [-0.2, 0) is 0 Å². The molecular weight excluding hydrogens is 106 g/mol. The Morgan fingerprint density at radius 2 is 1.44 bits per heavy atom. The molecule has 1 aromatic rings. The van der Waals surface area contributed by atoms with E-state index in [4.69, 9.17) is 0 Å². The van der Waals surface area contributed by atoms with Crippen LogP contribution in [0.4, 0.5) is 0 Å². The number of hydrogen-bond donors (Lipinski definition) is 0. The van der Waals surface area contributed by atoms with Gasteiger partial charge >= 0.3 is 0 Å².